The van der Waals surface area contributed by atoms with Crippen molar-refractivity contribution in [2.45, 2.75) is 32.7 Å². The van der Waals surface area contributed by atoms with Gasteiger partial charge in [0.05, 0.1) is 0 Å². The van der Waals surface area contributed by atoms with Crippen molar-refractivity contribution in [2.75, 3.05) is 24.5 Å². The second kappa shape index (κ2) is 6.19. The molecule has 1 unspecified atom stereocenters. The van der Waals surface area contributed by atoms with Crippen molar-refractivity contribution in [3.05, 3.63) is 30.1 Å². The van der Waals surface area contributed by atoms with Gasteiger partial charge in [-0.05, 0) is 56.5 Å². The normalized spacial score (nSPS) is 16.6. The van der Waals surface area contributed by atoms with Gasteiger partial charge >= 0.3 is 0 Å². The molecule has 18 heavy (non-hydrogen) atoms. The van der Waals surface area contributed by atoms with Crippen molar-refractivity contribution in [2.24, 2.45) is 5.92 Å². The molecule has 1 atom stereocenters. The maximum absolute atomic E-state index is 12.9. The quantitative estimate of drug-likeness (QED) is 0.800. The average molecular weight is 250 g/mol. The second-order valence-electron chi connectivity index (χ2n) is 5.02. The lowest BCUT2D eigenvalue weighted by Crippen LogP contribution is -2.42. The van der Waals surface area contributed by atoms with Gasteiger partial charge in [0.2, 0.25) is 0 Å². The summed E-state index contributed by atoms with van der Waals surface area (Å²) < 4.78 is 12.9. The van der Waals surface area contributed by atoms with Crippen LogP contribution in [-0.4, -0.2) is 25.7 Å². The van der Waals surface area contributed by atoms with Gasteiger partial charge in [0.25, 0.3) is 0 Å². The van der Waals surface area contributed by atoms with Gasteiger partial charge in [0.15, 0.2) is 0 Å². The lowest BCUT2D eigenvalue weighted by Gasteiger charge is -2.29. The molecule has 100 valence electrons. The monoisotopic (exact) mass is 250 g/mol. The highest BCUT2D eigenvalue weighted by Gasteiger charge is 2.31. The van der Waals surface area contributed by atoms with Gasteiger partial charge in [0.1, 0.15) is 5.82 Å². The third kappa shape index (κ3) is 3.45. The summed E-state index contributed by atoms with van der Waals surface area (Å²) >= 11 is 0. The van der Waals surface area contributed by atoms with Crippen LogP contribution in [0.25, 0.3) is 0 Å². The third-order valence-electron chi connectivity index (χ3n) is 3.65. The Labute approximate surface area is 109 Å². The molecule has 1 saturated carbocycles. The maximum Gasteiger partial charge on any atom is 0.123 e. The first kappa shape index (κ1) is 13.3. The Morgan fingerprint density at radius 1 is 1.28 bits per heavy atom. The molecule has 0 saturated heterocycles. The molecule has 0 radical (unpaired) electrons. The van der Waals surface area contributed by atoms with Gasteiger partial charge in [-0.2, -0.15) is 0 Å². The van der Waals surface area contributed by atoms with Crippen molar-refractivity contribution in [3.8, 4) is 0 Å². The number of likely N-dealkylation sites (N-methyl/N-ethyl adjacent to an activating group) is 2. The van der Waals surface area contributed by atoms with E-state index in [2.05, 4.69) is 24.1 Å². The molecule has 1 aromatic carbocycles. The molecule has 1 N–H and O–H groups in total. The zero-order valence-electron chi connectivity index (χ0n) is 11.3. The molecule has 1 aliphatic carbocycles. The Morgan fingerprint density at radius 3 is 2.44 bits per heavy atom. The van der Waals surface area contributed by atoms with Gasteiger partial charge < -0.3 is 10.2 Å². The Morgan fingerprint density at radius 2 is 1.94 bits per heavy atom. The fourth-order valence-electron chi connectivity index (χ4n) is 2.45. The number of anilines is 1. The molecule has 0 aromatic heterocycles. The summed E-state index contributed by atoms with van der Waals surface area (Å²) in [6, 6.07) is 7.39. The summed E-state index contributed by atoms with van der Waals surface area (Å²) in [4.78, 5) is 2.32. The summed E-state index contributed by atoms with van der Waals surface area (Å²) in [5.74, 6) is 0.666. The topological polar surface area (TPSA) is 15.3 Å². The maximum atomic E-state index is 12.9. The van der Waals surface area contributed by atoms with E-state index >= 15 is 0 Å². The molecule has 0 amide bonds. The van der Waals surface area contributed by atoms with Crippen LogP contribution in [0.15, 0.2) is 24.3 Å². The molecule has 0 bridgehead atoms. The molecule has 2 nitrogen and oxygen atoms in total. The van der Waals surface area contributed by atoms with Gasteiger partial charge in [-0.3, -0.25) is 0 Å². The molecule has 0 heterocycles. The number of benzene rings is 1. The summed E-state index contributed by atoms with van der Waals surface area (Å²) in [6.07, 6.45) is 2.69. The number of hydrogen-bond acceptors (Lipinski definition) is 2. The Balaban J connectivity index is 2.00. The highest BCUT2D eigenvalue weighted by Crippen LogP contribution is 2.33. The lowest BCUT2D eigenvalue weighted by molar-refractivity contribution is 0.470. The van der Waals surface area contributed by atoms with Crippen molar-refractivity contribution >= 4 is 5.69 Å². The smallest absolute Gasteiger partial charge is 0.123 e. The van der Waals surface area contributed by atoms with E-state index in [1.807, 2.05) is 12.1 Å². The molecular weight excluding hydrogens is 227 g/mol. The van der Waals surface area contributed by atoms with Crippen LogP contribution in [0.5, 0.6) is 0 Å². The number of nitrogens with one attached hydrogen (secondary N) is 1. The SMILES string of the molecule is CCNC(CN(CC)c1ccc(F)cc1)C1CC1. The van der Waals surface area contributed by atoms with E-state index in [4.69, 9.17) is 0 Å². The van der Waals surface area contributed by atoms with Crippen LogP contribution >= 0.6 is 0 Å². The van der Waals surface area contributed by atoms with Crippen molar-refractivity contribution in [1.82, 2.24) is 5.32 Å². The van der Waals surface area contributed by atoms with E-state index in [-0.39, 0.29) is 5.82 Å². The summed E-state index contributed by atoms with van der Waals surface area (Å²) in [7, 11) is 0. The first-order valence-corrected chi connectivity index (χ1v) is 6.98. The first-order valence-electron chi connectivity index (χ1n) is 6.98. The van der Waals surface area contributed by atoms with Crippen molar-refractivity contribution < 1.29 is 4.39 Å². The lowest BCUT2D eigenvalue weighted by atomic mass is 10.1. The Hall–Kier alpha value is -1.09. The third-order valence-corrected chi connectivity index (χ3v) is 3.65. The fourth-order valence-corrected chi connectivity index (χ4v) is 2.45. The fraction of sp³-hybridized carbons (Fsp3) is 0.600. The molecule has 0 aliphatic heterocycles. The highest BCUT2D eigenvalue weighted by atomic mass is 19.1. The van der Waals surface area contributed by atoms with Gasteiger partial charge in [-0.1, -0.05) is 6.92 Å². The van der Waals surface area contributed by atoms with E-state index in [1.165, 1.54) is 25.0 Å². The summed E-state index contributed by atoms with van der Waals surface area (Å²) in [6.45, 7) is 7.30. The van der Waals surface area contributed by atoms with Crippen molar-refractivity contribution in [3.63, 3.8) is 0 Å². The van der Waals surface area contributed by atoms with Crippen LogP contribution in [0, 0.1) is 11.7 Å². The predicted molar refractivity (Wildman–Crippen MR) is 74.5 cm³/mol. The van der Waals surface area contributed by atoms with E-state index in [0.717, 1.165) is 31.2 Å². The summed E-state index contributed by atoms with van der Waals surface area (Å²) in [5.41, 5.74) is 1.11. The molecule has 0 spiro atoms. The zero-order valence-corrected chi connectivity index (χ0v) is 11.3. The van der Waals surface area contributed by atoms with Gasteiger partial charge in [0, 0.05) is 24.8 Å². The molecular formula is C15H23FN2. The Bertz CT molecular complexity index is 359. The first-order chi connectivity index (χ1) is 8.74. The van der Waals surface area contributed by atoms with Crippen LogP contribution in [0.4, 0.5) is 10.1 Å². The van der Waals surface area contributed by atoms with E-state index in [0.29, 0.717) is 6.04 Å². The molecule has 1 fully saturated rings. The zero-order chi connectivity index (χ0) is 13.0. The number of hydrogen-bond donors (Lipinski definition) is 1. The van der Waals surface area contributed by atoms with Crippen LogP contribution < -0.4 is 10.2 Å². The average Bonchev–Trinajstić information content (AvgIpc) is 3.20. The Kier molecular flexibility index (Phi) is 4.59. The van der Waals surface area contributed by atoms with E-state index in [9.17, 15) is 4.39 Å². The number of nitrogens with zero attached hydrogens (tertiary/aromatic N) is 1. The molecule has 1 aromatic rings. The van der Waals surface area contributed by atoms with E-state index < -0.39 is 0 Å². The van der Waals surface area contributed by atoms with E-state index in [1.54, 1.807) is 0 Å². The summed E-state index contributed by atoms with van der Waals surface area (Å²) in [5, 5.41) is 3.57. The van der Waals surface area contributed by atoms with Crippen LogP contribution in [0.2, 0.25) is 0 Å². The second-order valence-corrected chi connectivity index (χ2v) is 5.02. The van der Waals surface area contributed by atoms with Crippen LogP contribution in [0.3, 0.4) is 0 Å². The van der Waals surface area contributed by atoms with Crippen LogP contribution in [-0.2, 0) is 0 Å². The largest absolute Gasteiger partial charge is 0.370 e. The van der Waals surface area contributed by atoms with Gasteiger partial charge in [-0.25, -0.2) is 4.39 Å². The number of rotatable bonds is 7. The minimum atomic E-state index is -0.166. The van der Waals surface area contributed by atoms with Gasteiger partial charge in [-0.15, -0.1) is 0 Å². The standard InChI is InChI=1S/C15H23FN2/c1-3-17-15(12-5-6-12)11-18(4-2)14-9-7-13(16)8-10-14/h7-10,12,15,17H,3-6,11H2,1-2H3. The van der Waals surface area contributed by atoms with Crippen LogP contribution in [0.1, 0.15) is 26.7 Å². The predicted octanol–water partition coefficient (Wildman–Crippen LogP) is 3.04. The molecule has 2 rings (SSSR count). The molecule has 1 aliphatic rings. The number of halogens is 1. The minimum Gasteiger partial charge on any atom is -0.370 e. The minimum absolute atomic E-state index is 0.166. The van der Waals surface area contributed by atoms with Crippen molar-refractivity contribution in [1.29, 1.82) is 0 Å². The molecule has 3 heteroatoms. The highest BCUT2D eigenvalue weighted by molar-refractivity contribution is 5.46.